The minimum atomic E-state index is -0.0703. The molecule has 1 atom stereocenters. The number of likely N-dealkylation sites (tertiary alicyclic amines) is 1. The van der Waals surface area contributed by atoms with Crippen molar-refractivity contribution in [2.24, 2.45) is 10.9 Å². The van der Waals surface area contributed by atoms with Crippen LogP contribution in [0.15, 0.2) is 45.9 Å². The minimum absolute atomic E-state index is 0. The average molecular weight is 553 g/mol. The summed E-state index contributed by atoms with van der Waals surface area (Å²) in [5, 5.41) is 6.63. The van der Waals surface area contributed by atoms with Crippen LogP contribution in [-0.4, -0.2) is 47.9 Å². The number of hydrogen-bond donors (Lipinski definition) is 2. The summed E-state index contributed by atoms with van der Waals surface area (Å²) < 4.78 is 5.82. The van der Waals surface area contributed by atoms with E-state index in [0.29, 0.717) is 31.4 Å². The van der Waals surface area contributed by atoms with E-state index in [0.717, 1.165) is 31.8 Å². The Morgan fingerprint density at radius 2 is 2.00 bits per heavy atom. The van der Waals surface area contributed by atoms with Crippen LogP contribution in [0.4, 0.5) is 0 Å². The number of aromatic nitrogens is 1. The number of nitrogens with one attached hydrogen (secondary N) is 2. The molecule has 1 fully saturated rings. The predicted molar refractivity (Wildman–Crippen MR) is 138 cm³/mol. The van der Waals surface area contributed by atoms with E-state index in [2.05, 4.69) is 53.5 Å². The van der Waals surface area contributed by atoms with Gasteiger partial charge in [0.25, 0.3) is 0 Å². The van der Waals surface area contributed by atoms with Gasteiger partial charge < -0.3 is 20.0 Å². The van der Waals surface area contributed by atoms with Gasteiger partial charge in [-0.2, -0.15) is 0 Å². The first-order valence-corrected chi connectivity index (χ1v) is 11.1. The van der Waals surface area contributed by atoms with Gasteiger partial charge in [0.1, 0.15) is 12.3 Å². The minimum Gasteiger partial charge on any atom is -0.443 e. The lowest BCUT2D eigenvalue weighted by Crippen LogP contribution is -2.40. The molecule has 1 aromatic heterocycles. The molecule has 7 nitrogen and oxygen atoms in total. The van der Waals surface area contributed by atoms with Crippen LogP contribution in [0.5, 0.6) is 0 Å². The highest BCUT2D eigenvalue weighted by Crippen LogP contribution is 2.23. The summed E-state index contributed by atoms with van der Waals surface area (Å²) in [6.45, 7) is 11.7. The van der Waals surface area contributed by atoms with Gasteiger partial charge in [0.05, 0.1) is 6.20 Å². The smallest absolute Gasteiger partial charge is 0.223 e. The number of carbonyl (C=O) groups is 1. The summed E-state index contributed by atoms with van der Waals surface area (Å²) in [4.78, 5) is 23.3. The van der Waals surface area contributed by atoms with E-state index in [1.54, 1.807) is 6.20 Å². The molecule has 1 saturated heterocycles. The van der Waals surface area contributed by atoms with Crippen molar-refractivity contribution in [1.29, 1.82) is 0 Å². The topological polar surface area (TPSA) is 82.8 Å². The molecule has 2 heterocycles. The van der Waals surface area contributed by atoms with Crippen molar-refractivity contribution >= 4 is 35.8 Å². The Morgan fingerprint density at radius 3 is 2.66 bits per heavy atom. The molecule has 1 unspecified atom stereocenters. The zero-order chi connectivity index (χ0) is 22.3. The number of hydrogen-bond acceptors (Lipinski definition) is 4. The Hall–Kier alpha value is -2.10. The Morgan fingerprint density at radius 1 is 1.25 bits per heavy atom. The van der Waals surface area contributed by atoms with Crippen LogP contribution < -0.4 is 10.6 Å². The second-order valence-electron chi connectivity index (χ2n) is 9.09. The molecular weight excluding hydrogens is 517 g/mol. The van der Waals surface area contributed by atoms with E-state index in [1.165, 1.54) is 5.56 Å². The van der Waals surface area contributed by atoms with Crippen LogP contribution in [0.3, 0.4) is 0 Å². The summed E-state index contributed by atoms with van der Waals surface area (Å²) in [5.41, 5.74) is 1.19. The van der Waals surface area contributed by atoms with Crippen molar-refractivity contribution in [1.82, 2.24) is 20.5 Å². The molecule has 0 aliphatic carbocycles. The molecule has 176 valence electrons. The molecule has 3 rings (SSSR count). The Bertz CT molecular complexity index is 876. The maximum absolute atomic E-state index is 12.4. The third-order valence-electron chi connectivity index (χ3n) is 5.38. The van der Waals surface area contributed by atoms with Crippen LogP contribution in [0.2, 0.25) is 0 Å². The van der Waals surface area contributed by atoms with E-state index >= 15 is 0 Å². The molecule has 1 aromatic carbocycles. The van der Waals surface area contributed by atoms with E-state index in [4.69, 9.17) is 4.42 Å². The molecule has 0 spiro atoms. The summed E-state index contributed by atoms with van der Waals surface area (Å²) in [6, 6.07) is 10.3. The van der Waals surface area contributed by atoms with Gasteiger partial charge in [-0.15, -0.1) is 24.0 Å². The normalized spacial score (nSPS) is 16.8. The van der Waals surface area contributed by atoms with Gasteiger partial charge in [-0.05, 0) is 18.9 Å². The number of amides is 1. The molecule has 2 aromatic rings. The summed E-state index contributed by atoms with van der Waals surface area (Å²) in [7, 11) is 0. The van der Waals surface area contributed by atoms with Crippen LogP contribution in [0.1, 0.15) is 51.3 Å². The van der Waals surface area contributed by atoms with Crippen molar-refractivity contribution in [2.45, 2.75) is 52.5 Å². The molecule has 0 radical (unpaired) electrons. The van der Waals surface area contributed by atoms with E-state index < -0.39 is 0 Å². The molecule has 2 N–H and O–H groups in total. The van der Waals surface area contributed by atoms with Crippen molar-refractivity contribution in [3.05, 3.63) is 53.7 Å². The van der Waals surface area contributed by atoms with Crippen molar-refractivity contribution in [3.63, 3.8) is 0 Å². The second-order valence-corrected chi connectivity index (χ2v) is 9.09. The largest absolute Gasteiger partial charge is 0.443 e. The lowest BCUT2D eigenvalue weighted by Gasteiger charge is -2.18. The number of halogens is 1. The molecular formula is C24H36IN5O2. The molecule has 1 amide bonds. The standard InChI is InChI=1S/C24H35N5O2.HI/c1-5-25-23(28-16-21-26-15-20(31-21)24(2,3)4)27-14-19-13-22(30)29(17-19)12-11-18-9-7-6-8-10-18;/h6-10,15,19H,5,11-14,16-17H2,1-4H3,(H2,25,27,28);1H. The maximum Gasteiger partial charge on any atom is 0.223 e. The fourth-order valence-corrected chi connectivity index (χ4v) is 3.58. The molecule has 1 aliphatic rings. The fraction of sp³-hybridized carbons (Fsp3) is 0.542. The molecule has 1 aliphatic heterocycles. The summed E-state index contributed by atoms with van der Waals surface area (Å²) in [5.74, 6) is 2.69. The van der Waals surface area contributed by atoms with E-state index in [-0.39, 0.29) is 41.2 Å². The van der Waals surface area contributed by atoms with Crippen LogP contribution >= 0.6 is 24.0 Å². The quantitative estimate of drug-likeness (QED) is 0.296. The first kappa shape index (κ1) is 26.2. The Labute approximate surface area is 208 Å². The fourth-order valence-electron chi connectivity index (χ4n) is 3.58. The highest BCUT2D eigenvalue weighted by atomic mass is 127. The van der Waals surface area contributed by atoms with Gasteiger partial charge in [0, 0.05) is 43.9 Å². The number of nitrogens with zero attached hydrogens (tertiary/aromatic N) is 3. The Balaban J connectivity index is 0.00000363. The SMILES string of the molecule is CCNC(=NCc1ncc(C(C)(C)C)o1)NCC1CC(=O)N(CCc2ccccc2)C1.I. The highest BCUT2D eigenvalue weighted by molar-refractivity contribution is 14.0. The number of rotatable bonds is 8. The van der Waals surface area contributed by atoms with Gasteiger partial charge in [-0.1, -0.05) is 51.1 Å². The average Bonchev–Trinajstić information content (AvgIpc) is 3.36. The zero-order valence-electron chi connectivity index (χ0n) is 19.6. The first-order chi connectivity index (χ1) is 14.8. The monoisotopic (exact) mass is 553 g/mol. The third kappa shape index (κ3) is 7.79. The Kier molecular flexibility index (Phi) is 9.99. The maximum atomic E-state index is 12.4. The number of oxazole rings is 1. The van der Waals surface area contributed by atoms with Gasteiger partial charge >= 0.3 is 0 Å². The van der Waals surface area contributed by atoms with Gasteiger partial charge in [0.15, 0.2) is 5.96 Å². The highest BCUT2D eigenvalue weighted by Gasteiger charge is 2.29. The van der Waals surface area contributed by atoms with Crippen LogP contribution in [0, 0.1) is 5.92 Å². The number of aliphatic imine (C=N–C) groups is 1. The second kappa shape index (κ2) is 12.2. The number of benzene rings is 1. The van der Waals surface area contributed by atoms with Gasteiger partial charge in [-0.3, -0.25) is 4.79 Å². The predicted octanol–water partition coefficient (Wildman–Crippen LogP) is 3.74. The lowest BCUT2D eigenvalue weighted by molar-refractivity contribution is -0.127. The van der Waals surface area contributed by atoms with E-state index in [1.807, 2.05) is 30.0 Å². The molecule has 0 bridgehead atoms. The van der Waals surface area contributed by atoms with Crippen LogP contribution in [-0.2, 0) is 23.2 Å². The van der Waals surface area contributed by atoms with E-state index in [9.17, 15) is 4.79 Å². The summed E-state index contributed by atoms with van der Waals surface area (Å²) >= 11 is 0. The van der Waals surface area contributed by atoms with Crippen molar-refractivity contribution in [2.75, 3.05) is 26.2 Å². The van der Waals surface area contributed by atoms with Gasteiger partial charge in [-0.25, -0.2) is 9.98 Å². The summed E-state index contributed by atoms with van der Waals surface area (Å²) in [6.07, 6.45) is 3.25. The van der Waals surface area contributed by atoms with Gasteiger partial charge in [0.2, 0.25) is 11.8 Å². The van der Waals surface area contributed by atoms with Crippen LogP contribution in [0.25, 0.3) is 0 Å². The third-order valence-corrected chi connectivity index (χ3v) is 5.38. The molecule has 32 heavy (non-hydrogen) atoms. The number of guanidine groups is 1. The first-order valence-electron chi connectivity index (χ1n) is 11.1. The van der Waals surface area contributed by atoms with Crippen molar-refractivity contribution in [3.8, 4) is 0 Å². The zero-order valence-corrected chi connectivity index (χ0v) is 21.9. The lowest BCUT2D eigenvalue weighted by atomic mass is 9.94. The van der Waals surface area contributed by atoms with Crippen molar-refractivity contribution < 1.29 is 9.21 Å². The molecule has 8 heteroatoms. The number of carbonyl (C=O) groups excluding carboxylic acids is 1. The molecule has 0 saturated carbocycles.